The second-order valence-corrected chi connectivity index (χ2v) is 11.8. The van der Waals surface area contributed by atoms with E-state index in [1.54, 1.807) is 6.08 Å². The SMILES string of the molecule is C=C/C=C(/c1cc(F)cc(NCCN(C)C)c1)c1nc(-c2n[nH]c3ccc(C(/C=C(\C=C)CNCc4ccccc4)=C/C)nc23)[nH]c1C. The molecule has 8 nitrogen and oxygen atoms in total. The van der Waals surface area contributed by atoms with Gasteiger partial charge in [0.25, 0.3) is 0 Å². The van der Waals surface area contributed by atoms with E-state index in [1.807, 2.05) is 82.6 Å². The summed E-state index contributed by atoms with van der Waals surface area (Å²) in [5.41, 5.74) is 9.75. The fourth-order valence-corrected chi connectivity index (χ4v) is 5.39. The molecule has 48 heavy (non-hydrogen) atoms. The third kappa shape index (κ3) is 8.31. The Hall–Kier alpha value is -5.38. The van der Waals surface area contributed by atoms with Crippen molar-refractivity contribution in [2.75, 3.05) is 39.0 Å². The average Bonchev–Trinajstić information content (AvgIpc) is 3.68. The minimum absolute atomic E-state index is 0.335. The quantitative estimate of drug-likeness (QED) is 0.0875. The van der Waals surface area contributed by atoms with E-state index in [9.17, 15) is 4.39 Å². The van der Waals surface area contributed by atoms with Crippen LogP contribution in [0.1, 0.15) is 35.1 Å². The number of H-pyrrole nitrogens is 2. The van der Waals surface area contributed by atoms with Gasteiger partial charge in [-0.25, -0.2) is 14.4 Å². The molecule has 4 N–H and O–H groups in total. The number of anilines is 1. The number of imidazole rings is 1. The van der Waals surface area contributed by atoms with Crippen LogP contribution in [0.2, 0.25) is 0 Å². The summed E-state index contributed by atoms with van der Waals surface area (Å²) in [6.45, 7) is 14.8. The Kier molecular flexibility index (Phi) is 11.3. The molecule has 0 radical (unpaired) electrons. The predicted octanol–water partition coefficient (Wildman–Crippen LogP) is 7.69. The number of allylic oxidation sites excluding steroid dienone is 5. The lowest BCUT2D eigenvalue weighted by Gasteiger charge is -2.13. The van der Waals surface area contributed by atoms with Crippen LogP contribution in [0.15, 0.2) is 110 Å². The number of hydrogen-bond acceptors (Lipinski definition) is 6. The van der Waals surface area contributed by atoms with Crippen LogP contribution >= 0.6 is 0 Å². The zero-order valence-electron chi connectivity index (χ0n) is 28.1. The molecule has 5 rings (SSSR count). The maximum Gasteiger partial charge on any atom is 0.161 e. The molecule has 0 aliphatic rings. The number of halogens is 1. The lowest BCUT2D eigenvalue weighted by Crippen LogP contribution is -2.20. The number of pyridine rings is 1. The predicted molar refractivity (Wildman–Crippen MR) is 197 cm³/mol. The van der Waals surface area contributed by atoms with Crippen LogP contribution in [0, 0.1) is 12.7 Å². The number of fused-ring (bicyclic) bond motifs is 1. The molecule has 0 unspecified atom stereocenters. The maximum atomic E-state index is 14.8. The van der Waals surface area contributed by atoms with Crippen molar-refractivity contribution in [3.63, 3.8) is 0 Å². The third-order valence-corrected chi connectivity index (χ3v) is 7.86. The molecule has 0 amide bonds. The van der Waals surface area contributed by atoms with Crippen LogP contribution in [0.25, 0.3) is 33.7 Å². The van der Waals surface area contributed by atoms with Crippen molar-refractivity contribution in [3.05, 3.63) is 144 Å². The molecule has 0 bridgehead atoms. The number of aromatic nitrogens is 5. The van der Waals surface area contributed by atoms with Gasteiger partial charge in [-0.15, -0.1) is 0 Å². The van der Waals surface area contributed by atoms with Crippen LogP contribution in [0.4, 0.5) is 10.1 Å². The number of likely N-dealkylation sites (N-methyl/N-ethyl adjacent to an activating group) is 1. The number of nitrogens with one attached hydrogen (secondary N) is 4. The molecule has 0 atom stereocenters. The lowest BCUT2D eigenvalue weighted by atomic mass is 10.00. The number of aryl methyl sites for hydroxylation is 1. The molecular weight excluding hydrogens is 599 g/mol. The van der Waals surface area contributed by atoms with Gasteiger partial charge in [0.2, 0.25) is 0 Å². The average molecular weight is 643 g/mol. The third-order valence-electron chi connectivity index (χ3n) is 7.86. The number of hydrogen-bond donors (Lipinski definition) is 4. The van der Waals surface area contributed by atoms with Gasteiger partial charge in [0.15, 0.2) is 11.5 Å². The Morgan fingerprint density at radius 2 is 1.85 bits per heavy atom. The second kappa shape index (κ2) is 15.9. The van der Waals surface area contributed by atoms with E-state index >= 15 is 0 Å². The highest BCUT2D eigenvalue weighted by Crippen LogP contribution is 2.32. The monoisotopic (exact) mass is 642 g/mol. The van der Waals surface area contributed by atoms with Crippen molar-refractivity contribution in [1.82, 2.24) is 35.4 Å². The normalized spacial score (nSPS) is 12.6. The number of nitrogens with zero attached hydrogens (tertiary/aromatic N) is 4. The van der Waals surface area contributed by atoms with Crippen LogP contribution < -0.4 is 10.6 Å². The first kappa shape index (κ1) is 34.0. The van der Waals surface area contributed by atoms with Crippen LogP contribution in [0.5, 0.6) is 0 Å². The molecule has 3 aromatic heterocycles. The standard InChI is InChI=1S/C39H43FN8/c1-7-13-33(30-21-31(40)23-32(22-30)42-18-19-48(5)6)36-26(4)43-39(45-36)38-37-35(46-47-38)17-16-34(44-37)29(9-3)20-27(8-2)24-41-25-28-14-11-10-12-15-28/h7-17,20-23,41-42H,1-2,18-19,24-25H2,3-6H3,(H,43,45)(H,46,47)/b27-20+,29-9+,33-13-. The Morgan fingerprint density at radius 1 is 1.04 bits per heavy atom. The topological polar surface area (TPSA) is 97.5 Å². The number of aromatic amines is 2. The Morgan fingerprint density at radius 3 is 2.58 bits per heavy atom. The zero-order chi connectivity index (χ0) is 34.0. The van der Waals surface area contributed by atoms with Crippen LogP contribution in [-0.2, 0) is 6.54 Å². The summed E-state index contributed by atoms with van der Waals surface area (Å²) >= 11 is 0. The smallest absolute Gasteiger partial charge is 0.161 e. The van der Waals surface area contributed by atoms with Crippen molar-refractivity contribution in [2.45, 2.75) is 20.4 Å². The highest BCUT2D eigenvalue weighted by atomic mass is 19.1. The van der Waals surface area contributed by atoms with Gasteiger partial charge in [0.05, 0.1) is 16.9 Å². The molecule has 0 fully saturated rings. The molecule has 5 aromatic rings. The summed E-state index contributed by atoms with van der Waals surface area (Å²) in [4.78, 5) is 15.5. The van der Waals surface area contributed by atoms with Crippen molar-refractivity contribution in [1.29, 1.82) is 0 Å². The fourth-order valence-electron chi connectivity index (χ4n) is 5.39. The minimum Gasteiger partial charge on any atom is -0.384 e. The van der Waals surface area contributed by atoms with Gasteiger partial charge in [-0.3, -0.25) is 5.10 Å². The van der Waals surface area contributed by atoms with Gasteiger partial charge in [-0.1, -0.05) is 67.8 Å². The Labute approximate surface area is 281 Å². The summed E-state index contributed by atoms with van der Waals surface area (Å²) in [7, 11) is 4.01. The number of rotatable bonds is 15. The summed E-state index contributed by atoms with van der Waals surface area (Å²) in [5.74, 6) is 0.224. The second-order valence-electron chi connectivity index (χ2n) is 11.8. The molecule has 9 heteroatoms. The first-order valence-electron chi connectivity index (χ1n) is 16.0. The lowest BCUT2D eigenvalue weighted by molar-refractivity contribution is 0.425. The zero-order valence-corrected chi connectivity index (χ0v) is 28.1. The van der Waals surface area contributed by atoms with E-state index in [-0.39, 0.29) is 5.82 Å². The molecular formula is C39H43FN8. The van der Waals surface area contributed by atoms with Crippen LogP contribution in [0.3, 0.4) is 0 Å². The highest BCUT2D eigenvalue weighted by Gasteiger charge is 2.20. The van der Waals surface area contributed by atoms with Gasteiger partial charge in [-0.2, -0.15) is 5.10 Å². The largest absolute Gasteiger partial charge is 0.384 e. The molecule has 246 valence electrons. The molecule has 0 saturated heterocycles. The van der Waals surface area contributed by atoms with Gasteiger partial charge >= 0.3 is 0 Å². The first-order valence-corrected chi connectivity index (χ1v) is 16.0. The fraction of sp³-hybridized carbons (Fsp3) is 0.205. The minimum atomic E-state index is -0.335. The molecule has 3 heterocycles. The van der Waals surface area contributed by atoms with Crippen molar-refractivity contribution >= 4 is 27.9 Å². The maximum absolute atomic E-state index is 14.8. The molecule has 0 aliphatic heterocycles. The molecule has 0 aliphatic carbocycles. The summed E-state index contributed by atoms with van der Waals surface area (Å²) < 4.78 is 14.8. The van der Waals surface area contributed by atoms with Crippen molar-refractivity contribution in [3.8, 4) is 11.5 Å². The highest BCUT2D eigenvalue weighted by molar-refractivity contribution is 5.90. The molecule has 0 spiro atoms. The molecule has 2 aromatic carbocycles. The van der Waals surface area contributed by atoms with E-state index in [4.69, 9.17) is 9.97 Å². The van der Waals surface area contributed by atoms with Gasteiger partial charge < -0.3 is 20.5 Å². The molecule has 0 saturated carbocycles. The van der Waals surface area contributed by atoms with E-state index < -0.39 is 0 Å². The van der Waals surface area contributed by atoms with E-state index in [0.717, 1.165) is 46.7 Å². The van der Waals surface area contributed by atoms with E-state index in [0.29, 0.717) is 47.1 Å². The summed E-state index contributed by atoms with van der Waals surface area (Å²) in [6.07, 6.45) is 9.54. The van der Waals surface area contributed by atoms with E-state index in [2.05, 4.69) is 62.1 Å². The van der Waals surface area contributed by atoms with Gasteiger partial charge in [0, 0.05) is 43.1 Å². The number of benzene rings is 2. The summed E-state index contributed by atoms with van der Waals surface area (Å²) in [6, 6.07) is 19.2. The van der Waals surface area contributed by atoms with E-state index in [1.165, 1.54) is 17.7 Å². The van der Waals surface area contributed by atoms with Gasteiger partial charge in [0.1, 0.15) is 11.3 Å². The Balaban J connectivity index is 1.43. The van der Waals surface area contributed by atoms with Crippen molar-refractivity contribution < 1.29 is 4.39 Å². The van der Waals surface area contributed by atoms with Crippen molar-refractivity contribution in [2.24, 2.45) is 0 Å². The first-order chi connectivity index (χ1) is 23.3. The van der Waals surface area contributed by atoms with Crippen LogP contribution in [-0.4, -0.2) is 63.8 Å². The van der Waals surface area contributed by atoms with Gasteiger partial charge in [-0.05, 0) is 86.6 Å². The summed E-state index contributed by atoms with van der Waals surface area (Å²) in [5, 5.41) is 14.5. The Bertz CT molecular complexity index is 1980.